The molecule has 0 spiro atoms. The van der Waals surface area contributed by atoms with Gasteiger partial charge < -0.3 is 9.84 Å². The van der Waals surface area contributed by atoms with Crippen LogP contribution in [0.15, 0.2) is 59.6 Å². The lowest BCUT2D eigenvalue weighted by Crippen LogP contribution is -2.50. The molecule has 0 radical (unpaired) electrons. The third-order valence-corrected chi connectivity index (χ3v) is 7.28. The van der Waals surface area contributed by atoms with Crippen molar-refractivity contribution >= 4 is 10.0 Å². The number of aliphatic hydroxyl groups is 1. The number of nitrogens with one attached hydrogen (secondary N) is 1. The van der Waals surface area contributed by atoms with Crippen LogP contribution < -0.4 is 4.72 Å². The van der Waals surface area contributed by atoms with Crippen molar-refractivity contribution in [3.63, 3.8) is 0 Å². The Balaban J connectivity index is 1.33. The number of aromatic nitrogens is 3. The van der Waals surface area contributed by atoms with Gasteiger partial charge in [-0.1, -0.05) is 35.0 Å². The quantitative estimate of drug-likeness (QED) is 0.520. The number of rotatable bonds is 8. The molecule has 176 valence electrons. The SMILES string of the molecule is Cc1ccc(S(=O)(=O)N[C@@H]2CC[C@@H](CCn3cc(-c4cccc(F)c4)nn3)O[C@@H]2CO)cc1. The maximum absolute atomic E-state index is 13.4. The minimum Gasteiger partial charge on any atom is -0.394 e. The number of hydrogen-bond donors (Lipinski definition) is 2. The minimum atomic E-state index is -3.71. The lowest BCUT2D eigenvalue weighted by Gasteiger charge is -2.36. The molecule has 1 aliphatic rings. The molecule has 0 aliphatic carbocycles. The zero-order chi connectivity index (χ0) is 23.4. The molecule has 2 heterocycles. The first kappa shape index (κ1) is 23.5. The molecule has 3 aromatic rings. The summed E-state index contributed by atoms with van der Waals surface area (Å²) in [6.07, 6.45) is 2.78. The van der Waals surface area contributed by atoms with Gasteiger partial charge in [-0.2, -0.15) is 0 Å². The zero-order valence-corrected chi connectivity index (χ0v) is 19.1. The van der Waals surface area contributed by atoms with Gasteiger partial charge in [0.25, 0.3) is 0 Å². The minimum absolute atomic E-state index is 0.149. The van der Waals surface area contributed by atoms with Crippen LogP contribution in [0.4, 0.5) is 4.39 Å². The molecule has 0 bridgehead atoms. The third-order valence-electron chi connectivity index (χ3n) is 5.77. The van der Waals surface area contributed by atoms with Gasteiger partial charge in [0.05, 0.1) is 35.9 Å². The maximum Gasteiger partial charge on any atom is 0.240 e. The lowest BCUT2D eigenvalue weighted by atomic mass is 9.98. The summed E-state index contributed by atoms with van der Waals surface area (Å²) in [5, 5.41) is 18.0. The van der Waals surface area contributed by atoms with Crippen LogP contribution in [-0.4, -0.2) is 53.4 Å². The van der Waals surface area contributed by atoms with E-state index in [2.05, 4.69) is 15.0 Å². The van der Waals surface area contributed by atoms with Crippen LogP contribution in [0.5, 0.6) is 0 Å². The molecule has 2 N–H and O–H groups in total. The number of hydrogen-bond acceptors (Lipinski definition) is 6. The molecule has 1 aromatic heterocycles. The van der Waals surface area contributed by atoms with Gasteiger partial charge >= 0.3 is 0 Å². The molecular formula is C23H27FN4O4S. The predicted molar refractivity (Wildman–Crippen MR) is 120 cm³/mol. The van der Waals surface area contributed by atoms with E-state index in [0.717, 1.165) is 5.56 Å². The summed E-state index contributed by atoms with van der Waals surface area (Å²) < 4.78 is 49.2. The highest BCUT2D eigenvalue weighted by Gasteiger charge is 2.33. The van der Waals surface area contributed by atoms with Crippen LogP contribution in [0.1, 0.15) is 24.8 Å². The van der Waals surface area contributed by atoms with Crippen LogP contribution >= 0.6 is 0 Å². The molecule has 10 heteroatoms. The Bertz CT molecular complexity index is 1180. The van der Waals surface area contributed by atoms with E-state index >= 15 is 0 Å². The third kappa shape index (κ3) is 5.83. The highest BCUT2D eigenvalue weighted by Crippen LogP contribution is 2.24. The van der Waals surface area contributed by atoms with E-state index < -0.39 is 22.2 Å². The number of nitrogens with zero attached hydrogens (tertiary/aromatic N) is 3. The van der Waals surface area contributed by atoms with E-state index in [4.69, 9.17) is 4.74 Å². The van der Waals surface area contributed by atoms with Crippen molar-refractivity contribution in [2.75, 3.05) is 6.61 Å². The van der Waals surface area contributed by atoms with Crippen molar-refractivity contribution in [2.45, 2.75) is 55.9 Å². The van der Waals surface area contributed by atoms with E-state index in [-0.39, 0.29) is 23.4 Å². The van der Waals surface area contributed by atoms with E-state index in [1.165, 1.54) is 12.1 Å². The summed E-state index contributed by atoms with van der Waals surface area (Å²) in [4.78, 5) is 0.187. The first-order valence-electron chi connectivity index (χ1n) is 10.9. The largest absolute Gasteiger partial charge is 0.394 e. The second-order valence-electron chi connectivity index (χ2n) is 8.26. The average molecular weight is 475 g/mol. The van der Waals surface area contributed by atoms with Gasteiger partial charge in [-0.05, 0) is 50.5 Å². The first-order chi connectivity index (χ1) is 15.8. The molecule has 0 saturated carbocycles. The number of sulfonamides is 1. The fraction of sp³-hybridized carbons (Fsp3) is 0.391. The fourth-order valence-corrected chi connectivity index (χ4v) is 5.23. The maximum atomic E-state index is 13.4. The highest BCUT2D eigenvalue weighted by atomic mass is 32.2. The van der Waals surface area contributed by atoms with Gasteiger partial charge in [-0.15, -0.1) is 5.10 Å². The summed E-state index contributed by atoms with van der Waals surface area (Å²) >= 11 is 0. The summed E-state index contributed by atoms with van der Waals surface area (Å²) in [6, 6.07) is 12.3. The monoisotopic (exact) mass is 474 g/mol. The summed E-state index contributed by atoms with van der Waals surface area (Å²) in [5.74, 6) is -0.333. The van der Waals surface area contributed by atoms with Crippen molar-refractivity contribution < 1.29 is 22.7 Å². The number of ether oxygens (including phenoxy) is 1. The highest BCUT2D eigenvalue weighted by molar-refractivity contribution is 7.89. The number of aliphatic hydroxyl groups excluding tert-OH is 1. The molecule has 1 saturated heterocycles. The number of halogens is 1. The molecule has 33 heavy (non-hydrogen) atoms. The van der Waals surface area contributed by atoms with Gasteiger partial charge in [0, 0.05) is 12.1 Å². The van der Waals surface area contributed by atoms with E-state index in [9.17, 15) is 17.9 Å². The molecule has 0 amide bonds. The van der Waals surface area contributed by atoms with E-state index in [0.29, 0.717) is 37.1 Å². The van der Waals surface area contributed by atoms with E-state index in [1.807, 2.05) is 6.92 Å². The Morgan fingerprint density at radius 3 is 2.73 bits per heavy atom. The van der Waals surface area contributed by atoms with Crippen LogP contribution in [0.2, 0.25) is 0 Å². The van der Waals surface area contributed by atoms with Crippen molar-refractivity contribution in [3.8, 4) is 11.3 Å². The zero-order valence-electron chi connectivity index (χ0n) is 18.3. The molecular weight excluding hydrogens is 447 g/mol. The van der Waals surface area contributed by atoms with Gasteiger partial charge in [0.2, 0.25) is 10.0 Å². The van der Waals surface area contributed by atoms with Crippen LogP contribution in [0.25, 0.3) is 11.3 Å². The first-order valence-corrected chi connectivity index (χ1v) is 12.3. The Morgan fingerprint density at radius 2 is 2.00 bits per heavy atom. The van der Waals surface area contributed by atoms with Crippen LogP contribution in [0, 0.1) is 12.7 Å². The molecule has 1 aliphatic heterocycles. The Hall–Kier alpha value is -2.66. The second-order valence-corrected chi connectivity index (χ2v) is 9.98. The molecule has 8 nitrogen and oxygen atoms in total. The molecule has 1 fully saturated rings. The van der Waals surface area contributed by atoms with Crippen molar-refractivity contribution in [2.24, 2.45) is 0 Å². The Kier molecular flexibility index (Phi) is 7.18. The van der Waals surface area contributed by atoms with Gasteiger partial charge in [0.15, 0.2) is 0 Å². The van der Waals surface area contributed by atoms with Gasteiger partial charge in [0.1, 0.15) is 11.5 Å². The van der Waals surface area contributed by atoms with Crippen LogP contribution in [0.3, 0.4) is 0 Å². The second kappa shape index (κ2) is 10.1. The Morgan fingerprint density at radius 1 is 1.21 bits per heavy atom. The van der Waals surface area contributed by atoms with Gasteiger partial charge in [-0.25, -0.2) is 17.5 Å². The van der Waals surface area contributed by atoms with Crippen LogP contribution in [-0.2, 0) is 21.3 Å². The molecule has 2 aromatic carbocycles. The predicted octanol–water partition coefficient (Wildman–Crippen LogP) is 2.67. The summed E-state index contributed by atoms with van der Waals surface area (Å²) in [5.41, 5.74) is 2.21. The van der Waals surface area contributed by atoms with E-state index in [1.54, 1.807) is 47.3 Å². The Labute approximate surface area is 192 Å². The van der Waals surface area contributed by atoms with Crippen molar-refractivity contribution in [1.29, 1.82) is 0 Å². The summed E-state index contributed by atoms with van der Waals surface area (Å²) in [7, 11) is -3.71. The average Bonchev–Trinajstić information content (AvgIpc) is 3.28. The van der Waals surface area contributed by atoms with Crippen molar-refractivity contribution in [1.82, 2.24) is 19.7 Å². The summed E-state index contributed by atoms with van der Waals surface area (Å²) in [6.45, 7) is 2.14. The standard InChI is InChI=1S/C23H27FN4O4S/c1-16-5-8-20(9-6-16)33(30,31)26-21-10-7-19(32-23(21)15-29)11-12-28-14-22(25-27-28)17-3-2-4-18(24)13-17/h2-6,8-9,13-14,19,21,23,26,29H,7,10-12,15H2,1H3/t19-,21+,23+/m0/s1. The number of aryl methyl sites for hydroxylation is 2. The fourth-order valence-electron chi connectivity index (χ4n) is 3.93. The van der Waals surface area contributed by atoms with Gasteiger partial charge in [-0.3, -0.25) is 4.68 Å². The lowest BCUT2D eigenvalue weighted by molar-refractivity contribution is -0.0891. The molecule has 3 atom stereocenters. The smallest absolute Gasteiger partial charge is 0.240 e. The van der Waals surface area contributed by atoms with Crippen molar-refractivity contribution in [3.05, 3.63) is 66.1 Å². The topological polar surface area (TPSA) is 106 Å². The normalized spacial score (nSPS) is 21.2. The molecule has 0 unspecified atom stereocenters. The molecule has 4 rings (SSSR count). The number of benzene rings is 2.